The smallest absolute Gasteiger partial charge is 0.205 e. The molecule has 6 heteroatoms. The van der Waals surface area contributed by atoms with E-state index in [2.05, 4.69) is 29.6 Å². The van der Waals surface area contributed by atoms with Gasteiger partial charge in [0.1, 0.15) is 18.1 Å². The van der Waals surface area contributed by atoms with E-state index in [4.69, 9.17) is 18.9 Å². The molecule has 0 radical (unpaired) electrons. The van der Waals surface area contributed by atoms with E-state index >= 15 is 0 Å². The molecule has 0 fully saturated rings. The van der Waals surface area contributed by atoms with E-state index in [9.17, 15) is 5.11 Å². The Bertz CT molecular complexity index is 1050. The van der Waals surface area contributed by atoms with Crippen LogP contribution >= 0.6 is 0 Å². The van der Waals surface area contributed by atoms with Gasteiger partial charge in [-0.25, -0.2) is 0 Å². The van der Waals surface area contributed by atoms with E-state index in [1.54, 1.807) is 0 Å². The van der Waals surface area contributed by atoms with Crippen molar-refractivity contribution in [3.8, 4) is 11.5 Å². The van der Waals surface area contributed by atoms with E-state index in [0.717, 1.165) is 41.2 Å². The Kier molecular flexibility index (Phi) is 8.77. The fourth-order valence-electron chi connectivity index (χ4n) is 3.89. The molecule has 0 saturated heterocycles. The highest BCUT2D eigenvalue weighted by molar-refractivity contribution is 5.39. The second-order valence-electron chi connectivity index (χ2n) is 9.16. The summed E-state index contributed by atoms with van der Waals surface area (Å²) in [4.78, 5) is 0. The summed E-state index contributed by atoms with van der Waals surface area (Å²) in [6.45, 7) is 7.19. The van der Waals surface area contributed by atoms with Gasteiger partial charge in [-0.05, 0) is 53.9 Å². The first-order valence-electron chi connectivity index (χ1n) is 12.2. The molecule has 1 atom stereocenters. The first-order valence-corrected chi connectivity index (χ1v) is 12.2. The van der Waals surface area contributed by atoms with Gasteiger partial charge in [0.15, 0.2) is 0 Å². The predicted molar refractivity (Wildman–Crippen MR) is 136 cm³/mol. The van der Waals surface area contributed by atoms with Crippen molar-refractivity contribution in [1.82, 2.24) is 5.32 Å². The number of benzene rings is 3. The van der Waals surface area contributed by atoms with Crippen molar-refractivity contribution in [2.45, 2.75) is 45.4 Å². The average molecular weight is 478 g/mol. The van der Waals surface area contributed by atoms with Crippen LogP contribution in [-0.2, 0) is 29.1 Å². The monoisotopic (exact) mass is 477 g/mol. The third kappa shape index (κ3) is 7.80. The van der Waals surface area contributed by atoms with E-state index in [-0.39, 0.29) is 0 Å². The number of ether oxygens (including phenoxy) is 4. The Morgan fingerprint density at radius 2 is 1.77 bits per heavy atom. The largest absolute Gasteiger partial charge is 0.491 e. The molecule has 3 aromatic rings. The number of aliphatic hydroxyl groups is 1. The van der Waals surface area contributed by atoms with Gasteiger partial charge in [-0.2, -0.15) is 0 Å². The molecule has 6 nitrogen and oxygen atoms in total. The van der Waals surface area contributed by atoms with Crippen LogP contribution in [-0.4, -0.2) is 37.2 Å². The lowest BCUT2D eigenvalue weighted by molar-refractivity contribution is -0.180. The number of hydrogen-bond donors (Lipinski definition) is 2. The molecule has 0 unspecified atom stereocenters. The van der Waals surface area contributed by atoms with Crippen LogP contribution in [0.2, 0.25) is 0 Å². The normalized spacial score (nSPS) is 15.2. The van der Waals surface area contributed by atoms with Gasteiger partial charge >= 0.3 is 0 Å². The average Bonchev–Trinajstić information content (AvgIpc) is 2.87. The van der Waals surface area contributed by atoms with E-state index in [1.807, 2.05) is 62.4 Å². The molecule has 1 heterocycles. The van der Waals surface area contributed by atoms with Gasteiger partial charge in [-0.1, -0.05) is 48.5 Å². The molecule has 0 aliphatic carbocycles. The number of nitrogens with one attached hydrogen (secondary N) is 1. The van der Waals surface area contributed by atoms with E-state index in [1.165, 1.54) is 5.56 Å². The fourth-order valence-corrected chi connectivity index (χ4v) is 3.89. The maximum Gasteiger partial charge on any atom is 0.205 e. The van der Waals surface area contributed by atoms with Crippen LogP contribution in [0.5, 0.6) is 11.5 Å². The van der Waals surface area contributed by atoms with Gasteiger partial charge in [0.2, 0.25) is 5.79 Å². The quantitative estimate of drug-likeness (QED) is 0.366. The lowest BCUT2D eigenvalue weighted by atomic mass is 10.0. The maximum absolute atomic E-state index is 10.6. The van der Waals surface area contributed by atoms with Gasteiger partial charge in [-0.15, -0.1) is 0 Å². The van der Waals surface area contributed by atoms with Crippen molar-refractivity contribution in [2.24, 2.45) is 0 Å². The molecule has 35 heavy (non-hydrogen) atoms. The highest BCUT2D eigenvalue weighted by Crippen LogP contribution is 2.32. The van der Waals surface area contributed by atoms with Gasteiger partial charge in [0.05, 0.1) is 25.9 Å². The van der Waals surface area contributed by atoms with Crippen LogP contribution < -0.4 is 14.8 Å². The Morgan fingerprint density at radius 3 is 2.57 bits per heavy atom. The van der Waals surface area contributed by atoms with Crippen LogP contribution in [0.25, 0.3) is 0 Å². The van der Waals surface area contributed by atoms with Crippen molar-refractivity contribution in [1.29, 1.82) is 0 Å². The number of hydrogen-bond acceptors (Lipinski definition) is 6. The van der Waals surface area contributed by atoms with E-state index in [0.29, 0.717) is 33.0 Å². The first kappa shape index (κ1) is 25.2. The molecule has 0 saturated carbocycles. The van der Waals surface area contributed by atoms with Gasteiger partial charge in [0, 0.05) is 26.0 Å². The Labute approximate surface area is 207 Å². The summed E-state index contributed by atoms with van der Waals surface area (Å²) in [5.41, 5.74) is 4.20. The Morgan fingerprint density at radius 1 is 0.971 bits per heavy atom. The van der Waals surface area contributed by atoms with Crippen LogP contribution in [0.4, 0.5) is 0 Å². The van der Waals surface area contributed by atoms with E-state index < -0.39 is 11.9 Å². The lowest BCUT2D eigenvalue weighted by Gasteiger charge is -2.33. The Hall–Kier alpha value is -2.90. The summed E-state index contributed by atoms with van der Waals surface area (Å²) in [5.74, 6) is 1.04. The molecular formula is C29H35NO5. The maximum atomic E-state index is 10.6. The van der Waals surface area contributed by atoms with Gasteiger partial charge in [0.25, 0.3) is 0 Å². The molecule has 0 amide bonds. The summed E-state index contributed by atoms with van der Waals surface area (Å²) in [6, 6.07) is 24.0. The summed E-state index contributed by atoms with van der Waals surface area (Å²) < 4.78 is 22.9. The minimum absolute atomic E-state index is 0.482. The molecule has 0 bridgehead atoms. The standard InChI is InChI=1S/C29H35NO5/c1-29(2)34-21-25-18-24(10-13-28(25)35-29)27(31)19-30-15-14-22-8-11-26(12-9-22)33-17-16-32-20-23-6-4-3-5-7-23/h3-13,18,27,30-31H,14-17,19-21H2,1-2H3/t27-/m0/s1. The third-order valence-electron chi connectivity index (χ3n) is 5.86. The SMILES string of the molecule is CC1(C)OCc2cc([C@@H](O)CNCCc3ccc(OCCOCc4ccccc4)cc3)ccc2O1. The minimum atomic E-state index is -0.615. The molecule has 2 N–H and O–H groups in total. The van der Waals surface area contributed by atoms with Crippen LogP contribution in [0.3, 0.4) is 0 Å². The molecule has 186 valence electrons. The van der Waals surface area contributed by atoms with Crippen molar-refractivity contribution in [2.75, 3.05) is 26.3 Å². The molecule has 0 aromatic heterocycles. The summed E-state index contributed by atoms with van der Waals surface area (Å²) in [6.07, 6.45) is 0.281. The summed E-state index contributed by atoms with van der Waals surface area (Å²) in [5, 5.41) is 13.9. The highest BCUT2D eigenvalue weighted by atomic mass is 16.7. The molecule has 3 aromatic carbocycles. The van der Waals surface area contributed by atoms with Crippen LogP contribution in [0, 0.1) is 0 Å². The molecule has 4 rings (SSSR count). The number of rotatable bonds is 12. The fraction of sp³-hybridized carbons (Fsp3) is 0.379. The van der Waals surface area contributed by atoms with Crippen molar-refractivity contribution >= 4 is 0 Å². The minimum Gasteiger partial charge on any atom is -0.491 e. The molecular weight excluding hydrogens is 442 g/mol. The third-order valence-corrected chi connectivity index (χ3v) is 5.86. The predicted octanol–water partition coefficient (Wildman–Crippen LogP) is 4.79. The zero-order valence-electron chi connectivity index (χ0n) is 20.5. The van der Waals surface area contributed by atoms with Crippen molar-refractivity contribution in [3.05, 3.63) is 95.1 Å². The zero-order valence-corrected chi connectivity index (χ0v) is 20.5. The highest BCUT2D eigenvalue weighted by Gasteiger charge is 2.27. The lowest BCUT2D eigenvalue weighted by Crippen LogP contribution is -2.35. The first-order chi connectivity index (χ1) is 17.0. The second kappa shape index (κ2) is 12.2. The van der Waals surface area contributed by atoms with Crippen LogP contribution in [0.15, 0.2) is 72.8 Å². The van der Waals surface area contributed by atoms with Crippen LogP contribution in [0.1, 0.15) is 42.2 Å². The summed E-state index contributed by atoms with van der Waals surface area (Å²) >= 11 is 0. The molecule has 1 aliphatic rings. The number of fused-ring (bicyclic) bond motifs is 1. The van der Waals surface area contributed by atoms with Gasteiger partial charge in [-0.3, -0.25) is 0 Å². The summed E-state index contributed by atoms with van der Waals surface area (Å²) in [7, 11) is 0. The topological polar surface area (TPSA) is 69.2 Å². The van der Waals surface area contributed by atoms with Crippen molar-refractivity contribution in [3.63, 3.8) is 0 Å². The van der Waals surface area contributed by atoms with Gasteiger partial charge < -0.3 is 29.4 Å². The molecule has 0 spiro atoms. The second-order valence-corrected chi connectivity index (χ2v) is 9.16. The van der Waals surface area contributed by atoms with Crippen molar-refractivity contribution < 1.29 is 24.1 Å². The Balaban J connectivity index is 1.12. The zero-order chi connectivity index (χ0) is 24.5. The molecule has 1 aliphatic heterocycles. The number of aliphatic hydroxyl groups excluding tert-OH is 1.